The van der Waals surface area contributed by atoms with Crippen molar-refractivity contribution in [1.82, 2.24) is 24.1 Å². The highest BCUT2D eigenvalue weighted by Crippen LogP contribution is 2.29. The third-order valence-electron chi connectivity index (χ3n) is 5.39. The highest BCUT2D eigenvalue weighted by Gasteiger charge is 2.30. The molecule has 0 saturated carbocycles. The number of rotatable bonds is 5. The Bertz CT molecular complexity index is 1390. The molecule has 11 heteroatoms. The monoisotopic (exact) mass is 473 g/mol. The number of benzene rings is 1. The summed E-state index contributed by atoms with van der Waals surface area (Å²) in [5.41, 5.74) is 0.796. The van der Waals surface area contributed by atoms with Gasteiger partial charge in [-0.15, -0.1) is 10.2 Å². The number of halogens is 1. The van der Waals surface area contributed by atoms with Crippen LogP contribution in [0.15, 0.2) is 40.8 Å². The molecular formula is C21H20FN5O3S2. The Balaban J connectivity index is 1.35. The Kier molecular flexibility index (Phi) is 5.39. The summed E-state index contributed by atoms with van der Waals surface area (Å²) in [5, 5.41) is 13.8. The van der Waals surface area contributed by atoms with Gasteiger partial charge in [0, 0.05) is 24.6 Å². The van der Waals surface area contributed by atoms with Crippen LogP contribution in [-0.4, -0.2) is 51.9 Å². The highest BCUT2D eigenvalue weighted by atomic mass is 32.2. The molecule has 1 atom stereocenters. The summed E-state index contributed by atoms with van der Waals surface area (Å²) >= 11 is 1.39. The van der Waals surface area contributed by atoms with E-state index in [1.807, 2.05) is 24.3 Å². The number of aromatic nitrogens is 4. The first-order chi connectivity index (χ1) is 15.4. The maximum atomic E-state index is 13.1. The first kappa shape index (κ1) is 21.0. The topological polar surface area (TPSA) is 93.6 Å². The van der Waals surface area contributed by atoms with E-state index in [0.717, 1.165) is 23.4 Å². The molecule has 5 rings (SSSR count). The minimum Gasteiger partial charge on any atom is -0.457 e. The number of piperidine rings is 1. The number of hydrogen-bond acceptors (Lipinski definition) is 7. The maximum absolute atomic E-state index is 13.1. The molecule has 0 amide bonds. The molecule has 1 fully saturated rings. The van der Waals surface area contributed by atoms with Crippen molar-refractivity contribution in [3.8, 4) is 11.3 Å². The lowest BCUT2D eigenvalue weighted by molar-refractivity contribution is 0.309. The van der Waals surface area contributed by atoms with Crippen LogP contribution in [0.4, 0.5) is 4.39 Å². The lowest BCUT2D eigenvalue weighted by atomic mass is 9.99. The van der Waals surface area contributed by atoms with Crippen LogP contribution < -0.4 is 0 Å². The molecule has 1 aliphatic heterocycles. The Morgan fingerprint density at radius 3 is 2.75 bits per heavy atom. The molecule has 0 aliphatic carbocycles. The summed E-state index contributed by atoms with van der Waals surface area (Å²) in [6, 6.07) is 9.80. The largest absolute Gasteiger partial charge is 0.457 e. The normalized spacial score (nSPS) is 18.1. The van der Waals surface area contributed by atoms with Crippen LogP contribution >= 0.6 is 11.3 Å². The molecule has 8 nitrogen and oxygen atoms in total. The summed E-state index contributed by atoms with van der Waals surface area (Å²) in [5.74, 6) is 1.64. The average Bonchev–Trinajstić information content (AvgIpc) is 3.48. The molecule has 3 aromatic heterocycles. The smallest absolute Gasteiger partial charge is 0.234 e. The third kappa shape index (κ3) is 4.23. The molecule has 0 N–H and O–H groups in total. The lowest BCUT2D eigenvalue weighted by Gasteiger charge is -2.29. The zero-order chi connectivity index (χ0) is 22.3. The van der Waals surface area contributed by atoms with Gasteiger partial charge in [-0.3, -0.25) is 0 Å². The fourth-order valence-corrected chi connectivity index (χ4v) is 5.45. The van der Waals surface area contributed by atoms with E-state index < -0.39 is 10.0 Å². The van der Waals surface area contributed by atoms with Crippen LogP contribution in [0.1, 0.15) is 35.4 Å². The molecule has 166 valence electrons. The minimum atomic E-state index is -3.24. The van der Waals surface area contributed by atoms with Crippen LogP contribution in [-0.2, 0) is 10.0 Å². The molecule has 32 heavy (non-hydrogen) atoms. The van der Waals surface area contributed by atoms with Gasteiger partial charge in [-0.1, -0.05) is 11.3 Å². The molecule has 1 unspecified atom stereocenters. The Hall–Kier alpha value is -2.89. The molecule has 4 heterocycles. The maximum Gasteiger partial charge on any atom is 0.234 e. The van der Waals surface area contributed by atoms with Crippen LogP contribution in [0.25, 0.3) is 28.4 Å². The fourth-order valence-electron chi connectivity index (χ4n) is 3.79. The van der Waals surface area contributed by atoms with E-state index in [-0.39, 0.29) is 11.7 Å². The number of furan rings is 1. The predicted octanol–water partition coefficient (Wildman–Crippen LogP) is 3.89. The van der Waals surface area contributed by atoms with Gasteiger partial charge in [0.05, 0.1) is 6.26 Å². The predicted molar refractivity (Wildman–Crippen MR) is 120 cm³/mol. The molecule has 1 aromatic carbocycles. The zero-order valence-corrected chi connectivity index (χ0v) is 18.8. The van der Waals surface area contributed by atoms with E-state index in [1.165, 1.54) is 34.0 Å². The lowest BCUT2D eigenvalue weighted by Crippen LogP contribution is -2.38. The van der Waals surface area contributed by atoms with Crippen LogP contribution in [0, 0.1) is 5.82 Å². The van der Waals surface area contributed by atoms with E-state index in [0.29, 0.717) is 35.4 Å². The van der Waals surface area contributed by atoms with Gasteiger partial charge in [0.1, 0.15) is 22.3 Å². The van der Waals surface area contributed by atoms with Crippen molar-refractivity contribution in [2.75, 3.05) is 19.3 Å². The summed E-state index contributed by atoms with van der Waals surface area (Å²) in [4.78, 5) is 0.655. The van der Waals surface area contributed by atoms with Gasteiger partial charge in [0.2, 0.25) is 15.0 Å². The van der Waals surface area contributed by atoms with Crippen molar-refractivity contribution in [3.05, 3.63) is 58.8 Å². The molecule has 0 bridgehead atoms. The molecule has 1 aliphatic rings. The number of hydrogen-bond donors (Lipinski definition) is 0. The average molecular weight is 474 g/mol. The first-order valence-corrected chi connectivity index (χ1v) is 12.7. The fraction of sp³-hybridized carbons (Fsp3) is 0.286. The second kappa shape index (κ2) is 8.23. The number of nitrogens with zero attached hydrogens (tertiary/aromatic N) is 5. The van der Waals surface area contributed by atoms with Gasteiger partial charge in [-0.25, -0.2) is 17.1 Å². The molecular weight excluding hydrogens is 453 g/mol. The van der Waals surface area contributed by atoms with E-state index in [4.69, 9.17) is 4.42 Å². The van der Waals surface area contributed by atoms with E-state index >= 15 is 0 Å². The van der Waals surface area contributed by atoms with E-state index in [2.05, 4.69) is 15.3 Å². The van der Waals surface area contributed by atoms with E-state index in [9.17, 15) is 12.8 Å². The van der Waals surface area contributed by atoms with Crippen LogP contribution in [0.3, 0.4) is 0 Å². The quantitative estimate of drug-likeness (QED) is 0.437. The molecule has 1 saturated heterocycles. The highest BCUT2D eigenvalue weighted by molar-refractivity contribution is 7.88. The van der Waals surface area contributed by atoms with Gasteiger partial charge >= 0.3 is 0 Å². The molecule has 0 radical (unpaired) electrons. The summed E-state index contributed by atoms with van der Waals surface area (Å²) in [6.07, 6.45) is 6.49. The Morgan fingerprint density at radius 2 is 1.97 bits per heavy atom. The standard InChI is InChI=1S/C21H20FN5O3S2/c1-32(28,29)26-12-2-3-15(13-26)20-23-24-21-27(20)25-19(31-21)11-9-17-8-10-18(30-17)14-4-6-16(22)7-5-14/h4-11,15H,2-3,12-13H2,1H3/b11-9+. The van der Waals surface area contributed by atoms with Crippen LogP contribution in [0.5, 0.6) is 0 Å². The molecule has 4 aromatic rings. The van der Waals surface area contributed by atoms with Gasteiger partial charge in [-0.05, 0) is 61.4 Å². The first-order valence-electron chi connectivity index (χ1n) is 10.1. The van der Waals surface area contributed by atoms with Crippen LogP contribution in [0.2, 0.25) is 0 Å². The van der Waals surface area contributed by atoms with Crippen molar-refractivity contribution in [3.63, 3.8) is 0 Å². The van der Waals surface area contributed by atoms with Crippen molar-refractivity contribution < 1.29 is 17.2 Å². The second-order valence-electron chi connectivity index (χ2n) is 7.70. The molecule has 0 spiro atoms. The van der Waals surface area contributed by atoms with E-state index in [1.54, 1.807) is 16.6 Å². The Labute approximate surface area is 188 Å². The number of sulfonamides is 1. The van der Waals surface area contributed by atoms with Gasteiger partial charge in [-0.2, -0.15) is 9.61 Å². The van der Waals surface area contributed by atoms with Gasteiger partial charge in [0.25, 0.3) is 0 Å². The van der Waals surface area contributed by atoms with Crippen molar-refractivity contribution in [2.24, 2.45) is 0 Å². The van der Waals surface area contributed by atoms with Crippen molar-refractivity contribution in [2.45, 2.75) is 18.8 Å². The zero-order valence-electron chi connectivity index (χ0n) is 17.2. The summed E-state index contributed by atoms with van der Waals surface area (Å²) in [7, 11) is -3.24. The Morgan fingerprint density at radius 1 is 1.16 bits per heavy atom. The van der Waals surface area contributed by atoms with Crippen molar-refractivity contribution in [1.29, 1.82) is 0 Å². The number of fused-ring (bicyclic) bond motifs is 1. The third-order valence-corrected chi connectivity index (χ3v) is 7.53. The SMILES string of the molecule is CS(=O)(=O)N1CCCC(c2nnc3sc(/C=C/c4ccc(-c5ccc(F)cc5)o4)nn23)C1. The van der Waals surface area contributed by atoms with Gasteiger partial charge < -0.3 is 4.42 Å². The summed E-state index contributed by atoms with van der Waals surface area (Å²) < 4.78 is 46.0. The summed E-state index contributed by atoms with van der Waals surface area (Å²) in [6.45, 7) is 0.923. The van der Waals surface area contributed by atoms with Gasteiger partial charge in [0.15, 0.2) is 5.82 Å². The second-order valence-corrected chi connectivity index (χ2v) is 10.7. The minimum absolute atomic E-state index is 0.0456. The van der Waals surface area contributed by atoms with Crippen molar-refractivity contribution >= 4 is 38.5 Å².